The Morgan fingerprint density at radius 2 is 2.06 bits per heavy atom. The summed E-state index contributed by atoms with van der Waals surface area (Å²) in [6.07, 6.45) is -0.831. The standard InChI is InChI=1S/C11H12F3NO2/c12-11(13,14)17-9-5-4-8(10(16)7-9)3-1-2-6-15/h1,3-5,7,16H,2,6,15H2. The molecule has 0 saturated carbocycles. The van der Waals surface area contributed by atoms with Crippen molar-refractivity contribution in [3.8, 4) is 11.5 Å². The van der Waals surface area contributed by atoms with Crippen LogP contribution in [0.25, 0.3) is 6.08 Å². The van der Waals surface area contributed by atoms with E-state index in [0.29, 0.717) is 18.5 Å². The fourth-order valence-corrected chi connectivity index (χ4v) is 1.17. The Hall–Kier alpha value is -1.69. The van der Waals surface area contributed by atoms with Crippen LogP contribution < -0.4 is 10.5 Å². The normalized spacial score (nSPS) is 12.0. The van der Waals surface area contributed by atoms with Crippen molar-refractivity contribution < 1.29 is 23.0 Å². The highest BCUT2D eigenvalue weighted by atomic mass is 19.4. The molecule has 0 aliphatic carbocycles. The van der Waals surface area contributed by atoms with Gasteiger partial charge >= 0.3 is 6.36 Å². The van der Waals surface area contributed by atoms with Crippen LogP contribution in [-0.4, -0.2) is 18.0 Å². The van der Waals surface area contributed by atoms with E-state index >= 15 is 0 Å². The lowest BCUT2D eigenvalue weighted by molar-refractivity contribution is -0.274. The zero-order valence-electron chi connectivity index (χ0n) is 8.87. The smallest absolute Gasteiger partial charge is 0.507 e. The number of rotatable bonds is 4. The van der Waals surface area contributed by atoms with Crippen LogP contribution in [0.3, 0.4) is 0 Å². The number of aromatic hydroxyl groups is 1. The molecule has 0 aliphatic rings. The van der Waals surface area contributed by atoms with Crippen molar-refractivity contribution in [2.24, 2.45) is 5.73 Å². The van der Waals surface area contributed by atoms with E-state index in [1.54, 1.807) is 12.2 Å². The Balaban J connectivity index is 2.79. The number of alkyl halides is 3. The summed E-state index contributed by atoms with van der Waals surface area (Å²) in [5, 5.41) is 9.46. The molecular weight excluding hydrogens is 235 g/mol. The van der Waals surface area contributed by atoms with Crippen LogP contribution in [0.15, 0.2) is 24.3 Å². The third-order valence-electron chi connectivity index (χ3n) is 1.87. The Labute approximate surface area is 96.3 Å². The third kappa shape index (κ3) is 4.78. The molecule has 0 bridgehead atoms. The molecule has 1 aromatic carbocycles. The number of nitrogens with two attached hydrogens (primary N) is 1. The highest BCUT2D eigenvalue weighted by Crippen LogP contribution is 2.28. The van der Waals surface area contributed by atoms with E-state index in [9.17, 15) is 18.3 Å². The summed E-state index contributed by atoms with van der Waals surface area (Å²) in [4.78, 5) is 0. The molecule has 1 rings (SSSR count). The lowest BCUT2D eigenvalue weighted by atomic mass is 10.1. The SMILES string of the molecule is NCCC=Cc1ccc(OC(F)(F)F)cc1O. The minimum absolute atomic E-state index is 0.278. The minimum atomic E-state index is -4.76. The maximum Gasteiger partial charge on any atom is 0.573 e. The van der Waals surface area contributed by atoms with E-state index < -0.39 is 12.1 Å². The maximum absolute atomic E-state index is 11.9. The summed E-state index contributed by atoms with van der Waals surface area (Å²) in [5.41, 5.74) is 5.68. The van der Waals surface area contributed by atoms with Crippen molar-refractivity contribution in [2.45, 2.75) is 12.8 Å². The van der Waals surface area contributed by atoms with Gasteiger partial charge in [0.1, 0.15) is 11.5 Å². The van der Waals surface area contributed by atoms with Gasteiger partial charge in [-0.2, -0.15) is 0 Å². The highest BCUT2D eigenvalue weighted by Gasteiger charge is 2.31. The second kappa shape index (κ2) is 5.58. The van der Waals surface area contributed by atoms with E-state index in [1.807, 2.05) is 0 Å². The summed E-state index contributed by atoms with van der Waals surface area (Å²) in [6.45, 7) is 0.465. The summed E-state index contributed by atoms with van der Waals surface area (Å²) in [7, 11) is 0. The van der Waals surface area contributed by atoms with Gasteiger partial charge in [-0.3, -0.25) is 0 Å². The fraction of sp³-hybridized carbons (Fsp3) is 0.273. The van der Waals surface area contributed by atoms with Crippen molar-refractivity contribution in [2.75, 3.05) is 6.54 Å². The van der Waals surface area contributed by atoms with Gasteiger partial charge in [0.2, 0.25) is 0 Å². The molecule has 0 unspecified atom stereocenters. The number of halogens is 3. The highest BCUT2D eigenvalue weighted by molar-refractivity contribution is 5.58. The van der Waals surface area contributed by atoms with Crippen molar-refractivity contribution in [1.82, 2.24) is 0 Å². The molecular formula is C11H12F3NO2. The van der Waals surface area contributed by atoms with Crippen LogP contribution in [0, 0.1) is 0 Å². The first-order valence-electron chi connectivity index (χ1n) is 4.88. The Morgan fingerprint density at radius 1 is 1.35 bits per heavy atom. The molecule has 3 nitrogen and oxygen atoms in total. The van der Waals surface area contributed by atoms with Crippen LogP contribution >= 0.6 is 0 Å². The Bertz CT molecular complexity index is 402. The van der Waals surface area contributed by atoms with Gasteiger partial charge < -0.3 is 15.6 Å². The zero-order chi connectivity index (χ0) is 12.9. The van der Waals surface area contributed by atoms with E-state index in [4.69, 9.17) is 5.73 Å². The lowest BCUT2D eigenvalue weighted by Crippen LogP contribution is -2.17. The summed E-state index contributed by atoms with van der Waals surface area (Å²) in [5.74, 6) is -0.731. The number of phenols is 1. The van der Waals surface area contributed by atoms with Crippen molar-refractivity contribution >= 4 is 6.08 Å². The van der Waals surface area contributed by atoms with Gasteiger partial charge in [-0.1, -0.05) is 12.2 Å². The van der Waals surface area contributed by atoms with Crippen molar-refractivity contribution in [3.63, 3.8) is 0 Å². The first-order valence-corrected chi connectivity index (χ1v) is 4.88. The quantitative estimate of drug-likeness (QED) is 0.860. The van der Waals surface area contributed by atoms with E-state index in [0.717, 1.165) is 12.1 Å². The fourth-order valence-electron chi connectivity index (χ4n) is 1.17. The monoisotopic (exact) mass is 247 g/mol. The van der Waals surface area contributed by atoms with Gasteiger partial charge in [-0.25, -0.2) is 0 Å². The number of phenolic OH excluding ortho intramolecular Hbond substituents is 1. The van der Waals surface area contributed by atoms with Gasteiger partial charge in [0.15, 0.2) is 0 Å². The van der Waals surface area contributed by atoms with E-state index in [1.165, 1.54) is 6.07 Å². The molecule has 1 aromatic rings. The summed E-state index contributed by atoms with van der Waals surface area (Å²) < 4.78 is 39.3. The molecule has 0 amide bonds. The van der Waals surface area contributed by atoms with Gasteiger partial charge in [0.25, 0.3) is 0 Å². The molecule has 17 heavy (non-hydrogen) atoms. The molecule has 0 atom stereocenters. The van der Waals surface area contributed by atoms with Gasteiger partial charge in [0.05, 0.1) is 0 Å². The average Bonchev–Trinajstić information content (AvgIpc) is 2.19. The second-order valence-electron chi connectivity index (χ2n) is 3.25. The first-order chi connectivity index (χ1) is 7.92. The van der Waals surface area contributed by atoms with Gasteiger partial charge in [-0.15, -0.1) is 13.2 Å². The Morgan fingerprint density at radius 3 is 2.59 bits per heavy atom. The molecule has 0 heterocycles. The van der Waals surface area contributed by atoms with Crippen LogP contribution in [0.4, 0.5) is 13.2 Å². The zero-order valence-corrected chi connectivity index (χ0v) is 8.87. The number of hydrogen-bond acceptors (Lipinski definition) is 3. The van der Waals surface area contributed by atoms with Crippen molar-refractivity contribution in [1.29, 1.82) is 0 Å². The number of ether oxygens (including phenoxy) is 1. The molecule has 0 radical (unpaired) electrons. The van der Waals surface area contributed by atoms with Crippen LogP contribution in [0.2, 0.25) is 0 Å². The summed E-state index contributed by atoms with van der Waals surface area (Å²) >= 11 is 0. The van der Waals surface area contributed by atoms with Crippen molar-refractivity contribution in [3.05, 3.63) is 29.8 Å². The first kappa shape index (κ1) is 13.4. The lowest BCUT2D eigenvalue weighted by Gasteiger charge is -2.09. The third-order valence-corrected chi connectivity index (χ3v) is 1.87. The minimum Gasteiger partial charge on any atom is -0.507 e. The molecule has 0 aliphatic heterocycles. The molecule has 0 spiro atoms. The predicted molar refractivity (Wildman–Crippen MR) is 57.5 cm³/mol. The van der Waals surface area contributed by atoms with Gasteiger partial charge in [-0.05, 0) is 25.1 Å². The molecule has 0 fully saturated rings. The van der Waals surface area contributed by atoms with Crippen LogP contribution in [0.1, 0.15) is 12.0 Å². The number of benzene rings is 1. The Kier molecular flexibility index (Phi) is 4.39. The van der Waals surface area contributed by atoms with E-state index in [-0.39, 0.29) is 5.75 Å². The van der Waals surface area contributed by atoms with Crippen LogP contribution in [0.5, 0.6) is 11.5 Å². The summed E-state index contributed by atoms with van der Waals surface area (Å²) in [6, 6.07) is 3.38. The van der Waals surface area contributed by atoms with Gasteiger partial charge in [0, 0.05) is 11.6 Å². The second-order valence-corrected chi connectivity index (χ2v) is 3.25. The topological polar surface area (TPSA) is 55.5 Å². The van der Waals surface area contributed by atoms with Crippen LogP contribution in [-0.2, 0) is 0 Å². The maximum atomic E-state index is 11.9. The average molecular weight is 247 g/mol. The molecule has 3 N–H and O–H groups in total. The molecule has 6 heteroatoms. The predicted octanol–water partition coefficient (Wildman–Crippen LogP) is 2.65. The molecule has 94 valence electrons. The molecule has 0 aromatic heterocycles. The number of hydrogen-bond donors (Lipinski definition) is 2. The van der Waals surface area contributed by atoms with E-state index in [2.05, 4.69) is 4.74 Å². The molecule has 0 saturated heterocycles. The largest absolute Gasteiger partial charge is 0.573 e.